The van der Waals surface area contributed by atoms with E-state index in [0.29, 0.717) is 39.8 Å². The Bertz CT molecular complexity index is 1010. The van der Waals surface area contributed by atoms with Gasteiger partial charge in [-0.15, -0.1) is 0 Å². The van der Waals surface area contributed by atoms with E-state index in [1.54, 1.807) is 24.3 Å². The number of halogens is 2. The molecule has 2 heterocycles. The van der Waals surface area contributed by atoms with Crippen molar-refractivity contribution in [2.24, 2.45) is 10.7 Å². The minimum Gasteiger partial charge on any atom is -0.344 e. The van der Waals surface area contributed by atoms with Crippen LogP contribution in [0.5, 0.6) is 0 Å². The van der Waals surface area contributed by atoms with E-state index < -0.39 is 15.8 Å². The lowest BCUT2D eigenvalue weighted by Crippen LogP contribution is -2.49. The molecule has 2 aliphatic heterocycles. The van der Waals surface area contributed by atoms with E-state index in [-0.39, 0.29) is 11.9 Å². The summed E-state index contributed by atoms with van der Waals surface area (Å²) < 4.78 is 25.6. The number of sulfonamides is 1. The number of nitrogens with one attached hydrogen (secondary N) is 2. The van der Waals surface area contributed by atoms with Crippen molar-refractivity contribution in [1.29, 1.82) is 0 Å². The van der Waals surface area contributed by atoms with Crippen LogP contribution in [-0.2, 0) is 15.8 Å². The Labute approximate surface area is 173 Å². The van der Waals surface area contributed by atoms with Gasteiger partial charge in [0, 0.05) is 17.7 Å². The first-order valence-corrected chi connectivity index (χ1v) is 10.6. The van der Waals surface area contributed by atoms with Gasteiger partial charge >= 0.3 is 0 Å². The molecule has 0 spiro atoms. The highest BCUT2D eigenvalue weighted by molar-refractivity contribution is 7.93. The fourth-order valence-corrected chi connectivity index (χ4v) is 5.52. The summed E-state index contributed by atoms with van der Waals surface area (Å²) in [5.74, 6) is -0.958. The predicted molar refractivity (Wildman–Crippen MR) is 113 cm³/mol. The molecule has 1 unspecified atom stereocenters. The first kappa shape index (κ1) is 20.8. The van der Waals surface area contributed by atoms with E-state index in [0.717, 1.165) is 5.56 Å². The highest BCUT2D eigenvalue weighted by Crippen LogP contribution is 2.39. The molecule has 0 amide bonds. The zero-order valence-electron chi connectivity index (χ0n) is 14.8. The van der Waals surface area contributed by atoms with E-state index in [2.05, 4.69) is 15.8 Å². The molecule has 2 aliphatic rings. The molecule has 1 saturated heterocycles. The average molecular weight is 443 g/mol. The molecule has 0 bridgehead atoms. The molecule has 28 heavy (non-hydrogen) atoms. The molecule has 150 valence electrons. The third kappa shape index (κ3) is 3.57. The molecule has 11 heteroatoms. The van der Waals surface area contributed by atoms with Gasteiger partial charge in [-0.3, -0.25) is 10.0 Å². The lowest BCUT2D eigenvalue weighted by molar-refractivity contribution is 0.375. The number of benzene rings is 2. The van der Waals surface area contributed by atoms with Crippen LogP contribution in [-0.4, -0.2) is 27.1 Å². The molecule has 1 fully saturated rings. The maximum atomic E-state index is 12.1. The fraction of sp³-hybridized carbons (Fsp3) is 0.235. The molecule has 7 N–H and O–H groups in total. The Kier molecular flexibility index (Phi) is 5.59. The second-order valence-electron chi connectivity index (χ2n) is 6.40. The van der Waals surface area contributed by atoms with Crippen LogP contribution in [0.1, 0.15) is 12.0 Å². The van der Waals surface area contributed by atoms with Gasteiger partial charge in [-0.2, -0.15) is 5.43 Å². The summed E-state index contributed by atoms with van der Waals surface area (Å²) in [6, 6.07) is 10.5. The first-order valence-electron chi connectivity index (χ1n) is 8.26. The maximum Gasteiger partial charge on any atom is 0.235 e. The normalized spacial score (nSPS) is 22.8. The Balaban J connectivity index is 0.00000225. The van der Waals surface area contributed by atoms with Gasteiger partial charge in [0.15, 0.2) is 0 Å². The van der Waals surface area contributed by atoms with Gasteiger partial charge < -0.3 is 11.6 Å². The van der Waals surface area contributed by atoms with Crippen molar-refractivity contribution in [3.63, 3.8) is 0 Å². The average Bonchev–Trinajstić information content (AvgIpc) is 3.21. The van der Waals surface area contributed by atoms with Crippen LogP contribution in [0.4, 0.5) is 5.69 Å². The zero-order valence-corrected chi connectivity index (χ0v) is 17.2. The lowest BCUT2D eigenvalue weighted by Gasteiger charge is -2.22. The van der Waals surface area contributed by atoms with Gasteiger partial charge in [0.1, 0.15) is 6.34 Å². The fourth-order valence-electron chi connectivity index (χ4n) is 3.25. The number of hydrogen-bond acceptors (Lipinski definition) is 7. The number of rotatable bonds is 3. The highest BCUT2D eigenvalue weighted by Gasteiger charge is 2.31. The molecule has 4 rings (SSSR count). The molecule has 0 aromatic heterocycles. The summed E-state index contributed by atoms with van der Waals surface area (Å²) in [5.41, 5.74) is 14.4. The van der Waals surface area contributed by atoms with E-state index in [1.165, 1.54) is 10.6 Å². The van der Waals surface area contributed by atoms with Crippen LogP contribution in [0.15, 0.2) is 41.4 Å². The second-order valence-corrected chi connectivity index (χ2v) is 9.22. The number of hydrazine groups is 1. The van der Waals surface area contributed by atoms with Gasteiger partial charge in [-0.1, -0.05) is 35.3 Å². The number of nitrogens with zero attached hydrogens (tertiary/aromatic N) is 2. The van der Waals surface area contributed by atoms with Crippen molar-refractivity contribution in [2.45, 2.75) is 12.2 Å². The van der Waals surface area contributed by atoms with Crippen molar-refractivity contribution >= 4 is 45.3 Å². The van der Waals surface area contributed by atoms with E-state index >= 15 is 0 Å². The van der Waals surface area contributed by atoms with Crippen LogP contribution in [0, 0.1) is 0 Å². The summed E-state index contributed by atoms with van der Waals surface area (Å²) in [7, 11) is -3.21. The van der Waals surface area contributed by atoms with Gasteiger partial charge in [0.25, 0.3) is 0 Å². The van der Waals surface area contributed by atoms with Crippen molar-refractivity contribution in [2.75, 3.05) is 16.6 Å². The molecular weight excluding hydrogens is 423 g/mol. The Hall–Kier alpha value is -1.88. The largest absolute Gasteiger partial charge is 0.344 e. The Morgan fingerprint density at radius 1 is 1.14 bits per heavy atom. The third-order valence-corrected chi connectivity index (χ3v) is 7.09. The number of nitrogens with two attached hydrogens (primary N) is 1. The Morgan fingerprint density at radius 3 is 2.29 bits per heavy atom. The number of anilines is 1. The summed E-state index contributed by atoms with van der Waals surface area (Å²) in [6.45, 7) is 0.498. The zero-order chi connectivity index (χ0) is 19.2. The first-order chi connectivity index (χ1) is 12.8. The number of hydrogen-bond donors (Lipinski definition) is 4. The van der Waals surface area contributed by atoms with Gasteiger partial charge in [-0.05, 0) is 36.2 Å². The summed E-state index contributed by atoms with van der Waals surface area (Å²) >= 11 is 13.0. The molecule has 2 aromatic rings. The van der Waals surface area contributed by atoms with Crippen LogP contribution in [0.3, 0.4) is 0 Å². The van der Waals surface area contributed by atoms with Crippen LogP contribution in [0.2, 0.25) is 10.0 Å². The summed E-state index contributed by atoms with van der Waals surface area (Å²) in [4.78, 5) is 4.14. The number of aliphatic imine (C=N–C) groups is 1. The second kappa shape index (κ2) is 7.51. The third-order valence-electron chi connectivity index (χ3n) is 4.62. The molecular formula is C17H20Cl2N6O2S. The molecule has 0 radical (unpaired) electrons. The molecule has 1 atom stereocenters. The topological polar surface area (TPSA) is 135 Å². The summed E-state index contributed by atoms with van der Waals surface area (Å²) in [5, 5.41) is 0.848. The SMILES string of the molecule is N.NC1(c2cc(Cl)c(-c3ccc(N4CCCS4(=O)=O)cc3)c(Cl)c2)N=CNN1. The predicted octanol–water partition coefficient (Wildman–Crippen LogP) is 2.57. The standard InChI is InChI=1S/C17H17Cl2N5O2S.H3N/c18-14-8-12(17(20)21-10-22-23-17)9-15(19)16(14)11-2-4-13(5-3-11)24-6-1-7-27(24,25)26;/h2-5,8-10,23H,1,6-7,20H2,(H,21,22);1H3. The monoisotopic (exact) mass is 442 g/mol. The molecule has 8 nitrogen and oxygen atoms in total. The minimum atomic E-state index is -3.21. The molecule has 2 aromatic carbocycles. The van der Waals surface area contributed by atoms with Gasteiger partial charge in [0.2, 0.25) is 15.8 Å². The van der Waals surface area contributed by atoms with Crippen molar-refractivity contribution in [3.8, 4) is 11.1 Å². The van der Waals surface area contributed by atoms with Crippen LogP contribution < -0.4 is 27.0 Å². The summed E-state index contributed by atoms with van der Waals surface area (Å²) in [6.07, 6.45) is 2.09. The van der Waals surface area contributed by atoms with Crippen molar-refractivity contribution < 1.29 is 8.42 Å². The maximum absolute atomic E-state index is 12.1. The smallest absolute Gasteiger partial charge is 0.235 e. The van der Waals surface area contributed by atoms with E-state index in [4.69, 9.17) is 28.9 Å². The van der Waals surface area contributed by atoms with Crippen molar-refractivity contribution in [1.82, 2.24) is 17.0 Å². The van der Waals surface area contributed by atoms with E-state index in [9.17, 15) is 8.42 Å². The Morgan fingerprint density at radius 2 is 1.79 bits per heavy atom. The van der Waals surface area contributed by atoms with E-state index in [1.807, 2.05) is 12.1 Å². The van der Waals surface area contributed by atoms with Gasteiger partial charge in [0.05, 0.1) is 21.5 Å². The quantitative estimate of drug-likeness (QED) is 0.576. The highest BCUT2D eigenvalue weighted by atomic mass is 35.5. The van der Waals surface area contributed by atoms with Crippen molar-refractivity contribution in [3.05, 3.63) is 52.0 Å². The lowest BCUT2D eigenvalue weighted by atomic mass is 10.0. The minimum absolute atomic E-state index is 0. The molecule has 0 saturated carbocycles. The molecule has 0 aliphatic carbocycles. The van der Waals surface area contributed by atoms with Gasteiger partial charge in [-0.25, -0.2) is 13.4 Å². The van der Waals surface area contributed by atoms with Crippen LogP contribution in [0.25, 0.3) is 11.1 Å². The van der Waals surface area contributed by atoms with Crippen LogP contribution >= 0.6 is 23.2 Å².